The molecule has 0 fully saturated rings. The Morgan fingerprint density at radius 2 is 2.06 bits per heavy atom. The van der Waals surface area contributed by atoms with Gasteiger partial charge in [-0.1, -0.05) is 12.1 Å². The van der Waals surface area contributed by atoms with Crippen LogP contribution in [0.15, 0.2) is 35.7 Å². The molecule has 3 N–H and O–H groups in total. The van der Waals surface area contributed by atoms with E-state index < -0.39 is 0 Å². The highest BCUT2D eigenvalue weighted by atomic mass is 32.1. The van der Waals surface area contributed by atoms with Crippen LogP contribution < -0.4 is 5.32 Å². The fraction of sp³-hybridized carbons (Fsp3) is 0.231. The predicted molar refractivity (Wildman–Crippen MR) is 69.3 cm³/mol. The van der Waals surface area contributed by atoms with Gasteiger partial charge >= 0.3 is 0 Å². The van der Waals surface area contributed by atoms with E-state index in [1.807, 2.05) is 6.07 Å². The first kappa shape index (κ1) is 12.0. The molecule has 0 amide bonds. The minimum absolute atomic E-state index is 0.0759. The van der Waals surface area contributed by atoms with Crippen LogP contribution in [0.1, 0.15) is 23.4 Å². The topological polar surface area (TPSA) is 52.5 Å². The van der Waals surface area contributed by atoms with Crippen LogP contribution in [0.4, 0.5) is 0 Å². The molecule has 0 bridgehead atoms. The third kappa shape index (κ3) is 2.99. The summed E-state index contributed by atoms with van der Waals surface area (Å²) >= 11 is 1.72. The van der Waals surface area contributed by atoms with Crippen LogP contribution in [-0.4, -0.2) is 10.2 Å². The number of hydrogen-bond donors (Lipinski definition) is 3. The number of phenolic OH excluding ortho intramolecular Hbond substituents is 2. The lowest BCUT2D eigenvalue weighted by atomic mass is 10.2. The molecular weight excluding hydrogens is 234 g/mol. The summed E-state index contributed by atoms with van der Waals surface area (Å²) in [4.78, 5) is 1.29. The molecule has 0 aliphatic rings. The zero-order chi connectivity index (χ0) is 12.3. The van der Waals surface area contributed by atoms with Crippen molar-refractivity contribution >= 4 is 11.3 Å². The predicted octanol–water partition coefficient (Wildman–Crippen LogP) is 3.01. The highest BCUT2D eigenvalue weighted by molar-refractivity contribution is 7.10. The molecule has 2 rings (SSSR count). The highest BCUT2D eigenvalue weighted by Crippen LogP contribution is 2.25. The van der Waals surface area contributed by atoms with Gasteiger partial charge in [0.25, 0.3) is 0 Å². The first-order chi connectivity index (χ1) is 8.16. The molecule has 0 saturated heterocycles. The standard InChI is InChI=1S/C13H15NO2S/c1-9(13-3-2-6-17-13)14-8-10-4-5-11(15)12(16)7-10/h2-7,9,14-16H,8H2,1H3/t9-/m1/s1. The van der Waals surface area contributed by atoms with Crippen LogP contribution in [0.3, 0.4) is 0 Å². The minimum Gasteiger partial charge on any atom is -0.504 e. The van der Waals surface area contributed by atoms with Gasteiger partial charge < -0.3 is 15.5 Å². The highest BCUT2D eigenvalue weighted by Gasteiger charge is 2.06. The Bertz CT molecular complexity index is 482. The van der Waals surface area contributed by atoms with E-state index in [9.17, 15) is 10.2 Å². The second-order valence-corrected chi connectivity index (χ2v) is 4.92. The SMILES string of the molecule is C[C@@H](NCc1ccc(O)c(O)c1)c1cccs1. The van der Waals surface area contributed by atoms with Crippen molar-refractivity contribution in [1.82, 2.24) is 5.32 Å². The van der Waals surface area contributed by atoms with Crippen LogP contribution in [-0.2, 0) is 6.54 Å². The third-order valence-electron chi connectivity index (χ3n) is 2.62. The monoisotopic (exact) mass is 249 g/mol. The summed E-state index contributed by atoms with van der Waals surface area (Å²) in [5.74, 6) is -0.159. The van der Waals surface area contributed by atoms with Gasteiger partial charge in [0, 0.05) is 17.5 Å². The molecule has 0 aliphatic heterocycles. The lowest BCUT2D eigenvalue weighted by molar-refractivity contribution is 0.402. The van der Waals surface area contributed by atoms with Gasteiger partial charge in [-0.05, 0) is 36.1 Å². The van der Waals surface area contributed by atoms with Gasteiger partial charge in [0.15, 0.2) is 11.5 Å². The Hall–Kier alpha value is -1.52. The summed E-state index contributed by atoms with van der Waals surface area (Å²) in [5, 5.41) is 24.0. The summed E-state index contributed by atoms with van der Waals surface area (Å²) in [7, 11) is 0. The van der Waals surface area contributed by atoms with Crippen molar-refractivity contribution in [2.75, 3.05) is 0 Å². The van der Waals surface area contributed by atoms with Crippen molar-refractivity contribution in [3.05, 3.63) is 46.2 Å². The van der Waals surface area contributed by atoms with Crippen LogP contribution in [0, 0.1) is 0 Å². The van der Waals surface area contributed by atoms with E-state index in [-0.39, 0.29) is 17.5 Å². The summed E-state index contributed by atoms with van der Waals surface area (Å²) < 4.78 is 0. The molecule has 0 spiro atoms. The van der Waals surface area contributed by atoms with E-state index in [0.717, 1.165) is 5.56 Å². The summed E-state index contributed by atoms with van der Waals surface area (Å²) in [5.41, 5.74) is 0.948. The number of thiophene rings is 1. The Balaban J connectivity index is 1.96. The molecule has 4 heteroatoms. The molecule has 17 heavy (non-hydrogen) atoms. The zero-order valence-electron chi connectivity index (χ0n) is 9.55. The molecule has 1 aromatic heterocycles. The van der Waals surface area contributed by atoms with Crippen molar-refractivity contribution in [2.45, 2.75) is 19.5 Å². The fourth-order valence-electron chi connectivity index (χ4n) is 1.59. The molecule has 3 nitrogen and oxygen atoms in total. The lowest BCUT2D eigenvalue weighted by Gasteiger charge is -2.12. The molecule has 90 valence electrons. The van der Waals surface area contributed by atoms with Crippen LogP contribution in [0.25, 0.3) is 0 Å². The van der Waals surface area contributed by atoms with Crippen LogP contribution in [0.2, 0.25) is 0 Å². The Morgan fingerprint density at radius 1 is 1.24 bits per heavy atom. The Kier molecular flexibility index (Phi) is 3.66. The summed E-state index contributed by atoms with van der Waals surface area (Å²) in [6.45, 7) is 2.76. The van der Waals surface area contributed by atoms with E-state index in [0.29, 0.717) is 6.54 Å². The van der Waals surface area contributed by atoms with E-state index in [4.69, 9.17) is 0 Å². The minimum atomic E-state index is -0.0833. The van der Waals surface area contributed by atoms with Crippen LogP contribution in [0.5, 0.6) is 11.5 Å². The maximum absolute atomic E-state index is 9.37. The van der Waals surface area contributed by atoms with Crippen molar-refractivity contribution in [3.8, 4) is 11.5 Å². The largest absolute Gasteiger partial charge is 0.504 e. The lowest BCUT2D eigenvalue weighted by Crippen LogP contribution is -2.16. The van der Waals surface area contributed by atoms with Gasteiger partial charge in [-0.15, -0.1) is 11.3 Å². The van der Waals surface area contributed by atoms with Gasteiger partial charge in [0.05, 0.1) is 0 Å². The first-order valence-electron chi connectivity index (χ1n) is 5.44. The second kappa shape index (κ2) is 5.21. The number of aromatic hydroxyl groups is 2. The van der Waals surface area contributed by atoms with Crippen molar-refractivity contribution in [1.29, 1.82) is 0 Å². The maximum atomic E-state index is 9.37. The molecule has 0 unspecified atom stereocenters. The van der Waals surface area contributed by atoms with Gasteiger partial charge in [0.2, 0.25) is 0 Å². The molecule has 1 heterocycles. The number of nitrogens with one attached hydrogen (secondary N) is 1. The van der Waals surface area contributed by atoms with Gasteiger partial charge in [-0.3, -0.25) is 0 Å². The smallest absolute Gasteiger partial charge is 0.157 e. The average Bonchev–Trinajstić information content (AvgIpc) is 2.84. The van der Waals surface area contributed by atoms with E-state index in [2.05, 4.69) is 23.7 Å². The molecular formula is C13H15NO2S. The Labute approximate surface area is 104 Å². The van der Waals surface area contributed by atoms with Crippen molar-refractivity contribution < 1.29 is 10.2 Å². The van der Waals surface area contributed by atoms with E-state index in [1.54, 1.807) is 23.5 Å². The quantitative estimate of drug-likeness (QED) is 0.730. The molecule has 0 radical (unpaired) electrons. The van der Waals surface area contributed by atoms with Crippen LogP contribution >= 0.6 is 11.3 Å². The molecule has 2 aromatic rings. The average molecular weight is 249 g/mol. The molecule has 0 aliphatic carbocycles. The molecule has 1 atom stereocenters. The summed E-state index contributed by atoms with van der Waals surface area (Å²) in [6.07, 6.45) is 0. The Morgan fingerprint density at radius 3 is 2.71 bits per heavy atom. The maximum Gasteiger partial charge on any atom is 0.157 e. The van der Waals surface area contributed by atoms with Gasteiger partial charge in [-0.2, -0.15) is 0 Å². The van der Waals surface area contributed by atoms with Crippen molar-refractivity contribution in [2.24, 2.45) is 0 Å². The van der Waals surface area contributed by atoms with Gasteiger partial charge in [-0.25, -0.2) is 0 Å². The van der Waals surface area contributed by atoms with E-state index >= 15 is 0 Å². The number of hydrogen-bond acceptors (Lipinski definition) is 4. The van der Waals surface area contributed by atoms with Gasteiger partial charge in [0.1, 0.15) is 0 Å². The van der Waals surface area contributed by atoms with E-state index in [1.165, 1.54) is 10.9 Å². The number of benzene rings is 1. The summed E-state index contributed by atoms with van der Waals surface area (Å²) in [6, 6.07) is 9.28. The number of rotatable bonds is 4. The zero-order valence-corrected chi connectivity index (χ0v) is 10.4. The second-order valence-electron chi connectivity index (χ2n) is 3.94. The van der Waals surface area contributed by atoms with Crippen molar-refractivity contribution in [3.63, 3.8) is 0 Å². The molecule has 0 saturated carbocycles. The fourth-order valence-corrected chi connectivity index (χ4v) is 2.35. The first-order valence-corrected chi connectivity index (χ1v) is 6.32. The number of phenols is 2. The third-order valence-corrected chi connectivity index (χ3v) is 3.68. The molecule has 1 aromatic carbocycles. The normalized spacial score (nSPS) is 12.5.